The van der Waals surface area contributed by atoms with Crippen molar-refractivity contribution >= 4 is 80.5 Å². The molecule has 0 radical (unpaired) electrons. The normalized spacial score (nSPS) is 12.3. The Morgan fingerprint density at radius 2 is 1.29 bits per heavy atom. The molecule has 0 unspecified atom stereocenters. The van der Waals surface area contributed by atoms with E-state index >= 15 is 0 Å². The highest BCUT2D eigenvalue weighted by molar-refractivity contribution is 7.26. The summed E-state index contributed by atoms with van der Waals surface area (Å²) in [5, 5.41) is 8.85. The second-order valence-corrected chi connectivity index (χ2v) is 12.0. The lowest BCUT2D eigenvalue weighted by Gasteiger charge is -2.12. The summed E-state index contributed by atoms with van der Waals surface area (Å²) >= 11 is 1.77. The van der Waals surface area contributed by atoms with Crippen LogP contribution in [0.15, 0.2) is 127 Å². The van der Waals surface area contributed by atoms with Gasteiger partial charge in [-0.1, -0.05) is 109 Å². The van der Waals surface area contributed by atoms with Gasteiger partial charge in [0.05, 0.1) is 32.5 Å². The van der Waals surface area contributed by atoms with E-state index in [9.17, 15) is 0 Å². The number of nitrogens with zero attached hydrogens (tertiary/aromatic N) is 3. The summed E-state index contributed by atoms with van der Waals surface area (Å²) in [7, 11) is 0. The minimum atomic E-state index is 0.750. The smallest absolute Gasteiger partial charge is 0.160 e. The molecule has 0 atom stereocenters. The number of thiophene rings is 1. The van der Waals surface area contributed by atoms with Gasteiger partial charge in [-0.3, -0.25) is 0 Å². The van der Waals surface area contributed by atoms with Crippen molar-refractivity contribution in [2.45, 2.75) is 0 Å². The van der Waals surface area contributed by atoms with Crippen molar-refractivity contribution in [3.63, 3.8) is 0 Å². The van der Waals surface area contributed by atoms with Crippen LogP contribution in [0.5, 0.6) is 0 Å². The summed E-state index contributed by atoms with van der Waals surface area (Å²) in [6, 6.07) is 45.7. The molecule has 0 amide bonds. The van der Waals surface area contributed by atoms with E-state index in [0.717, 1.165) is 32.9 Å². The molecule has 3 nitrogen and oxygen atoms in total. The number of para-hydroxylation sites is 1. The molecule has 0 saturated carbocycles. The summed E-state index contributed by atoms with van der Waals surface area (Å²) < 4.78 is 4.81. The van der Waals surface area contributed by atoms with Gasteiger partial charge >= 0.3 is 0 Å². The van der Waals surface area contributed by atoms with Gasteiger partial charge in [-0.25, -0.2) is 9.97 Å². The van der Waals surface area contributed by atoms with E-state index in [1.54, 1.807) is 11.3 Å². The molecular formula is C38H21N3S. The van der Waals surface area contributed by atoms with Crippen LogP contribution in [0.25, 0.3) is 91.8 Å². The predicted octanol–water partition coefficient (Wildman–Crippen LogP) is 10.5. The van der Waals surface area contributed by atoms with E-state index in [0.29, 0.717) is 0 Å². The number of fused-ring (bicyclic) bond motifs is 9. The lowest BCUT2D eigenvalue weighted by atomic mass is 9.99. The first-order chi connectivity index (χ1) is 20.8. The summed E-state index contributed by atoms with van der Waals surface area (Å²) in [4.78, 5) is 10.5. The van der Waals surface area contributed by atoms with Crippen LogP contribution in [-0.2, 0) is 0 Å². The van der Waals surface area contributed by atoms with E-state index in [-0.39, 0.29) is 0 Å². The van der Waals surface area contributed by atoms with Crippen LogP contribution < -0.4 is 0 Å². The highest BCUT2D eigenvalue weighted by Crippen LogP contribution is 2.43. The summed E-state index contributed by atoms with van der Waals surface area (Å²) in [6.45, 7) is 0. The number of hydrogen-bond donors (Lipinski definition) is 0. The third-order valence-corrected chi connectivity index (χ3v) is 9.90. The van der Waals surface area contributed by atoms with Crippen molar-refractivity contribution in [1.82, 2.24) is 14.4 Å². The van der Waals surface area contributed by atoms with Gasteiger partial charge in [0.1, 0.15) is 0 Å². The quantitative estimate of drug-likeness (QED) is 0.158. The molecule has 42 heavy (non-hydrogen) atoms. The first-order valence-corrected chi connectivity index (χ1v) is 15.0. The van der Waals surface area contributed by atoms with Gasteiger partial charge in [-0.05, 0) is 29.0 Å². The van der Waals surface area contributed by atoms with Crippen molar-refractivity contribution in [2.75, 3.05) is 0 Å². The number of aromatic nitrogens is 3. The lowest BCUT2D eigenvalue weighted by Crippen LogP contribution is -1.94. The van der Waals surface area contributed by atoms with Crippen molar-refractivity contribution < 1.29 is 0 Å². The first kappa shape index (κ1) is 22.4. The maximum atomic E-state index is 5.25. The zero-order valence-corrected chi connectivity index (χ0v) is 23.2. The van der Waals surface area contributed by atoms with Crippen LogP contribution in [0.1, 0.15) is 0 Å². The van der Waals surface area contributed by atoms with Crippen molar-refractivity contribution in [2.24, 2.45) is 0 Å². The summed E-state index contributed by atoms with van der Waals surface area (Å²) in [5.41, 5.74) is 7.79. The van der Waals surface area contributed by atoms with E-state index in [2.05, 4.69) is 132 Å². The molecule has 0 aliphatic heterocycles. The number of hydrogen-bond acceptors (Lipinski definition) is 3. The van der Waals surface area contributed by atoms with Gasteiger partial charge in [-0.2, -0.15) is 0 Å². The molecule has 10 aromatic rings. The second-order valence-electron chi connectivity index (χ2n) is 11.0. The lowest BCUT2D eigenvalue weighted by molar-refractivity contribution is 1.24. The summed E-state index contributed by atoms with van der Waals surface area (Å²) in [5.74, 6) is 0.750. The zero-order valence-electron chi connectivity index (χ0n) is 22.4. The molecule has 0 N–H and O–H groups in total. The van der Waals surface area contributed by atoms with E-state index in [1.165, 1.54) is 59.0 Å². The standard InChI is InChI=1S/C38H21N3S/c1-2-9-23(10-3-1)34-37-35(29-13-5-7-16-32(29)42-37)40-38(39-34)24-18-19-26-28-20-17-22-11-8-14-27-25-12-4-6-15-30(25)41(31(26)21-24)36(28)33(22)27/h1-21H. The SMILES string of the molecule is c1ccc(-c2nc(-c3ccc4c5ccc6cccc7c8ccccc8n(c4c3)c5c67)nc3c2sc2ccccc23)cc1. The van der Waals surface area contributed by atoms with Gasteiger partial charge < -0.3 is 4.40 Å². The summed E-state index contributed by atoms with van der Waals surface area (Å²) in [6.07, 6.45) is 0. The Bertz CT molecular complexity index is 2680. The Morgan fingerprint density at radius 3 is 2.21 bits per heavy atom. The average molecular weight is 552 g/mol. The molecule has 0 aliphatic rings. The molecule has 0 aliphatic carbocycles. The van der Waals surface area contributed by atoms with Crippen molar-refractivity contribution in [3.05, 3.63) is 127 Å². The molecule has 0 spiro atoms. The van der Waals surface area contributed by atoms with E-state index in [1.807, 2.05) is 0 Å². The number of benzene rings is 6. The molecule has 194 valence electrons. The van der Waals surface area contributed by atoms with Gasteiger partial charge in [0.15, 0.2) is 5.82 Å². The Labute approximate surface area is 244 Å². The Kier molecular flexibility index (Phi) is 4.33. The largest absolute Gasteiger partial charge is 0.308 e. The molecule has 4 heteroatoms. The first-order valence-electron chi connectivity index (χ1n) is 14.2. The van der Waals surface area contributed by atoms with Gasteiger partial charge in [0.2, 0.25) is 0 Å². The molecule has 4 heterocycles. The highest BCUT2D eigenvalue weighted by atomic mass is 32.1. The van der Waals surface area contributed by atoms with Crippen molar-refractivity contribution in [3.8, 4) is 22.6 Å². The van der Waals surface area contributed by atoms with Crippen molar-refractivity contribution in [1.29, 1.82) is 0 Å². The fourth-order valence-corrected chi connectivity index (χ4v) is 8.05. The van der Waals surface area contributed by atoms with Crippen LogP contribution in [-0.4, -0.2) is 14.4 Å². The maximum Gasteiger partial charge on any atom is 0.160 e. The van der Waals surface area contributed by atoms with Crippen LogP contribution >= 0.6 is 11.3 Å². The molecule has 10 rings (SSSR count). The molecule has 4 aromatic heterocycles. The average Bonchev–Trinajstić information content (AvgIpc) is 3.60. The van der Waals surface area contributed by atoms with E-state index < -0.39 is 0 Å². The third kappa shape index (κ3) is 2.89. The van der Waals surface area contributed by atoms with Gasteiger partial charge in [-0.15, -0.1) is 11.3 Å². The van der Waals surface area contributed by atoms with Gasteiger partial charge in [0, 0.05) is 42.8 Å². The predicted molar refractivity (Wildman–Crippen MR) is 178 cm³/mol. The molecule has 0 bridgehead atoms. The maximum absolute atomic E-state index is 5.25. The third-order valence-electron chi connectivity index (χ3n) is 8.73. The minimum absolute atomic E-state index is 0.750. The highest BCUT2D eigenvalue weighted by Gasteiger charge is 2.20. The van der Waals surface area contributed by atoms with E-state index in [4.69, 9.17) is 9.97 Å². The van der Waals surface area contributed by atoms with Crippen LogP contribution in [0.2, 0.25) is 0 Å². The fourth-order valence-electron chi connectivity index (χ4n) is 6.90. The zero-order chi connectivity index (χ0) is 27.4. The van der Waals surface area contributed by atoms with Gasteiger partial charge in [0.25, 0.3) is 0 Å². The molecular weight excluding hydrogens is 531 g/mol. The Hall–Kier alpha value is -5.32. The van der Waals surface area contributed by atoms with Crippen LogP contribution in [0.4, 0.5) is 0 Å². The molecule has 6 aromatic carbocycles. The fraction of sp³-hybridized carbons (Fsp3) is 0. The number of pyridine rings is 1. The monoisotopic (exact) mass is 551 g/mol. The second kappa shape index (κ2) is 8.12. The van der Waals surface area contributed by atoms with Crippen LogP contribution in [0, 0.1) is 0 Å². The molecule has 0 fully saturated rings. The Balaban J connectivity index is 1.34. The minimum Gasteiger partial charge on any atom is -0.308 e. The topological polar surface area (TPSA) is 30.2 Å². The van der Waals surface area contributed by atoms with Crippen LogP contribution in [0.3, 0.4) is 0 Å². The Morgan fingerprint density at radius 1 is 0.524 bits per heavy atom. The number of rotatable bonds is 2. The molecule has 0 saturated heterocycles.